The molecule has 1 aliphatic heterocycles. The van der Waals surface area contributed by atoms with Crippen molar-refractivity contribution in [2.24, 2.45) is 0 Å². The lowest BCUT2D eigenvalue weighted by molar-refractivity contribution is -0.101. The van der Waals surface area contributed by atoms with Crippen LogP contribution in [0.4, 0.5) is 4.79 Å². The van der Waals surface area contributed by atoms with E-state index in [0.717, 1.165) is 22.4 Å². The Kier molecular flexibility index (Phi) is 7.84. The molecule has 1 aromatic heterocycles. The second-order valence-electron chi connectivity index (χ2n) is 12.1. The van der Waals surface area contributed by atoms with E-state index < -0.39 is 17.3 Å². The summed E-state index contributed by atoms with van der Waals surface area (Å²) in [6.07, 6.45) is 2.09. The molecule has 39 heavy (non-hydrogen) atoms. The van der Waals surface area contributed by atoms with Crippen molar-refractivity contribution in [1.82, 2.24) is 15.2 Å². The van der Waals surface area contributed by atoms with Gasteiger partial charge in [-0.25, -0.2) is 4.79 Å². The number of amides is 2. The van der Waals surface area contributed by atoms with E-state index in [9.17, 15) is 14.7 Å². The van der Waals surface area contributed by atoms with Gasteiger partial charge < -0.3 is 20.1 Å². The number of aliphatic hydroxyl groups is 1. The Labute approximate surface area is 231 Å². The molecule has 1 unspecified atom stereocenters. The van der Waals surface area contributed by atoms with Gasteiger partial charge in [0.25, 0.3) is 5.91 Å². The summed E-state index contributed by atoms with van der Waals surface area (Å²) in [5.74, 6) is -0.155. The molecule has 2 heterocycles. The number of carbonyl (C=O) groups excluding carboxylic acids is 2. The highest BCUT2D eigenvalue weighted by atomic mass is 16.6. The molecule has 0 spiro atoms. The Balaban J connectivity index is 1.47. The minimum Gasteiger partial charge on any atom is -0.438 e. The van der Waals surface area contributed by atoms with Crippen LogP contribution in [-0.4, -0.2) is 44.7 Å². The van der Waals surface area contributed by atoms with E-state index in [1.807, 2.05) is 88.4 Å². The molecule has 0 bridgehead atoms. The number of pyridine rings is 1. The van der Waals surface area contributed by atoms with Crippen molar-refractivity contribution in [3.63, 3.8) is 0 Å². The van der Waals surface area contributed by atoms with Crippen molar-refractivity contribution in [2.45, 2.75) is 77.2 Å². The van der Waals surface area contributed by atoms with Crippen LogP contribution in [0.25, 0.3) is 11.3 Å². The van der Waals surface area contributed by atoms with Gasteiger partial charge in [0.05, 0.1) is 22.9 Å². The number of benzene rings is 2. The summed E-state index contributed by atoms with van der Waals surface area (Å²) < 4.78 is 6.13. The molecule has 1 aliphatic rings. The molecular weight excluding hydrogens is 490 g/mol. The van der Waals surface area contributed by atoms with Crippen molar-refractivity contribution >= 4 is 12.0 Å². The molecular formula is C32H39N3O4. The summed E-state index contributed by atoms with van der Waals surface area (Å²) in [6, 6.07) is 21.0. The maximum Gasteiger partial charge on any atom is 0.411 e. The first-order valence-electron chi connectivity index (χ1n) is 13.4. The number of carbonyl (C=O) groups is 2. The lowest BCUT2D eigenvalue weighted by Gasteiger charge is -2.45. The van der Waals surface area contributed by atoms with Crippen molar-refractivity contribution in [2.75, 3.05) is 6.54 Å². The molecule has 4 rings (SSSR count). The Morgan fingerprint density at radius 3 is 2.26 bits per heavy atom. The van der Waals surface area contributed by atoms with Gasteiger partial charge in [0, 0.05) is 36.7 Å². The number of rotatable bonds is 7. The van der Waals surface area contributed by atoms with E-state index in [4.69, 9.17) is 4.74 Å². The monoisotopic (exact) mass is 529 g/mol. The van der Waals surface area contributed by atoms with Gasteiger partial charge in [-0.05, 0) is 64.8 Å². The molecule has 1 fully saturated rings. The van der Waals surface area contributed by atoms with Crippen LogP contribution in [0.2, 0.25) is 0 Å². The van der Waals surface area contributed by atoms with E-state index in [-0.39, 0.29) is 17.5 Å². The van der Waals surface area contributed by atoms with Crippen molar-refractivity contribution < 1.29 is 19.4 Å². The largest absolute Gasteiger partial charge is 0.438 e. The second kappa shape index (κ2) is 10.8. The van der Waals surface area contributed by atoms with Gasteiger partial charge >= 0.3 is 6.09 Å². The maximum absolute atomic E-state index is 13.3. The SMILES string of the molecule is C[C@@H](c1ccc(-c2ccc(C(=O)NC(C)(C)C)cn2)cc1)N1CCC(CC(C)(C)O)(c2ccccc2)OC1=O. The average molecular weight is 530 g/mol. The fraction of sp³-hybridized carbons (Fsp3) is 0.406. The molecule has 1 saturated heterocycles. The predicted molar refractivity (Wildman–Crippen MR) is 152 cm³/mol. The van der Waals surface area contributed by atoms with Crippen molar-refractivity contribution in [3.8, 4) is 11.3 Å². The van der Waals surface area contributed by atoms with Crippen LogP contribution in [0.15, 0.2) is 72.9 Å². The summed E-state index contributed by atoms with van der Waals surface area (Å²) in [5.41, 5.74) is 1.88. The topological polar surface area (TPSA) is 91.8 Å². The summed E-state index contributed by atoms with van der Waals surface area (Å²) in [7, 11) is 0. The number of ether oxygens (including phenoxy) is 1. The first-order valence-corrected chi connectivity index (χ1v) is 13.4. The van der Waals surface area contributed by atoms with Gasteiger partial charge in [-0.3, -0.25) is 9.78 Å². The number of hydrogen-bond acceptors (Lipinski definition) is 5. The standard InChI is InChI=1S/C32H39N3O4/c1-22(35-19-18-32(39-29(35)37,21-31(5,6)38)26-10-8-7-9-11-26)23-12-14-24(15-13-23)27-17-16-25(20-33-27)28(36)34-30(2,3)4/h7-17,20,22,38H,18-19,21H2,1-6H3,(H,34,36)/t22-,32?/m0/s1. The van der Waals surface area contributed by atoms with Crippen LogP contribution < -0.4 is 5.32 Å². The Bertz CT molecular complexity index is 1290. The number of nitrogens with zero attached hydrogens (tertiary/aromatic N) is 2. The highest BCUT2D eigenvalue weighted by Gasteiger charge is 2.46. The number of hydrogen-bond donors (Lipinski definition) is 2. The van der Waals surface area contributed by atoms with E-state index in [1.165, 1.54) is 0 Å². The molecule has 7 heteroatoms. The third kappa shape index (κ3) is 6.84. The summed E-state index contributed by atoms with van der Waals surface area (Å²) >= 11 is 0. The molecule has 2 N–H and O–H groups in total. The third-order valence-corrected chi connectivity index (χ3v) is 6.96. The number of cyclic esters (lactones) is 1. The first kappa shape index (κ1) is 28.3. The van der Waals surface area contributed by atoms with Gasteiger partial charge in [-0.1, -0.05) is 54.6 Å². The third-order valence-electron chi connectivity index (χ3n) is 6.96. The van der Waals surface area contributed by atoms with E-state index >= 15 is 0 Å². The van der Waals surface area contributed by atoms with Gasteiger partial charge in [-0.2, -0.15) is 0 Å². The predicted octanol–water partition coefficient (Wildman–Crippen LogP) is 6.24. The number of aromatic nitrogens is 1. The van der Waals surface area contributed by atoms with Crippen molar-refractivity contribution in [1.29, 1.82) is 0 Å². The van der Waals surface area contributed by atoms with Crippen LogP contribution >= 0.6 is 0 Å². The minimum atomic E-state index is -0.998. The van der Waals surface area contributed by atoms with Crippen LogP contribution in [0.5, 0.6) is 0 Å². The average Bonchev–Trinajstić information content (AvgIpc) is 2.87. The molecule has 3 aromatic rings. The molecule has 2 atom stereocenters. The van der Waals surface area contributed by atoms with Gasteiger partial charge in [0.1, 0.15) is 5.60 Å². The van der Waals surface area contributed by atoms with Gasteiger partial charge in [-0.15, -0.1) is 0 Å². The van der Waals surface area contributed by atoms with E-state index in [2.05, 4.69) is 10.3 Å². The van der Waals surface area contributed by atoms with Crippen LogP contribution in [0.3, 0.4) is 0 Å². The summed E-state index contributed by atoms with van der Waals surface area (Å²) in [4.78, 5) is 31.9. The normalized spacial score (nSPS) is 18.8. The zero-order valence-corrected chi connectivity index (χ0v) is 23.7. The first-order chi connectivity index (χ1) is 18.3. The molecule has 7 nitrogen and oxygen atoms in total. The van der Waals surface area contributed by atoms with Crippen LogP contribution in [0.1, 0.15) is 81.9 Å². The zero-order chi connectivity index (χ0) is 28.4. The number of nitrogens with one attached hydrogen (secondary N) is 1. The van der Waals surface area contributed by atoms with Crippen LogP contribution in [0, 0.1) is 0 Å². The molecule has 2 amide bonds. The molecule has 0 radical (unpaired) electrons. The van der Waals surface area contributed by atoms with E-state index in [0.29, 0.717) is 24.9 Å². The van der Waals surface area contributed by atoms with Gasteiger partial charge in [0.2, 0.25) is 0 Å². The fourth-order valence-electron chi connectivity index (χ4n) is 5.12. The quantitative estimate of drug-likeness (QED) is 0.378. The van der Waals surface area contributed by atoms with E-state index in [1.54, 1.807) is 31.0 Å². The summed E-state index contributed by atoms with van der Waals surface area (Å²) in [5, 5.41) is 13.6. The Hall–Kier alpha value is -3.71. The highest BCUT2D eigenvalue weighted by Crippen LogP contribution is 2.42. The van der Waals surface area contributed by atoms with Crippen LogP contribution in [-0.2, 0) is 10.3 Å². The Morgan fingerprint density at radius 1 is 1.05 bits per heavy atom. The lowest BCUT2D eigenvalue weighted by Crippen LogP contribution is -2.51. The zero-order valence-electron chi connectivity index (χ0n) is 23.7. The summed E-state index contributed by atoms with van der Waals surface area (Å²) in [6.45, 7) is 11.8. The minimum absolute atomic E-state index is 0.155. The second-order valence-corrected chi connectivity index (χ2v) is 12.1. The highest BCUT2D eigenvalue weighted by molar-refractivity contribution is 5.94. The molecule has 206 valence electrons. The Morgan fingerprint density at radius 2 is 1.72 bits per heavy atom. The molecule has 2 aromatic carbocycles. The van der Waals surface area contributed by atoms with Crippen molar-refractivity contribution in [3.05, 3.63) is 89.6 Å². The molecule has 0 aliphatic carbocycles. The lowest BCUT2D eigenvalue weighted by atomic mass is 9.80. The maximum atomic E-state index is 13.3. The van der Waals surface area contributed by atoms with Gasteiger partial charge in [0.15, 0.2) is 0 Å². The fourth-order valence-corrected chi connectivity index (χ4v) is 5.12. The molecule has 0 saturated carbocycles. The smallest absolute Gasteiger partial charge is 0.411 e.